The molecule has 0 N–H and O–H groups in total. The van der Waals surface area contributed by atoms with Crippen molar-refractivity contribution in [2.75, 3.05) is 13.7 Å². The lowest BCUT2D eigenvalue weighted by atomic mass is 9.94. The molecule has 0 aliphatic rings. The summed E-state index contributed by atoms with van der Waals surface area (Å²) >= 11 is 0. The zero-order valence-corrected chi connectivity index (χ0v) is 11.5. The van der Waals surface area contributed by atoms with Gasteiger partial charge in [-0.05, 0) is 19.9 Å². The van der Waals surface area contributed by atoms with Crippen molar-refractivity contribution in [1.29, 1.82) is 0 Å². The van der Waals surface area contributed by atoms with Gasteiger partial charge in [0, 0.05) is 16.1 Å². The third-order valence-electron chi connectivity index (χ3n) is 2.73. The molecule has 0 aliphatic heterocycles. The first kappa shape index (κ1) is 15.6. The fourth-order valence-corrected chi connectivity index (χ4v) is 1.99. The van der Waals surface area contributed by atoms with Crippen molar-refractivity contribution in [2.45, 2.75) is 13.8 Å². The molecule has 0 saturated heterocycles. The van der Waals surface area contributed by atoms with Crippen LogP contribution in [0.1, 0.15) is 19.4 Å². The Morgan fingerprint density at radius 1 is 1.20 bits per heavy atom. The fourth-order valence-electron chi connectivity index (χ4n) is 1.99. The summed E-state index contributed by atoms with van der Waals surface area (Å²) in [5.41, 5.74) is 0.297. The van der Waals surface area contributed by atoms with Crippen LogP contribution in [-0.2, 0) is 9.59 Å². The first-order chi connectivity index (χ1) is 9.38. The number of para-hydroxylation sites is 1. The number of hydrogen-bond acceptors (Lipinski definition) is 5. The third kappa shape index (κ3) is 3.50. The minimum atomic E-state index is -0.616. The van der Waals surface area contributed by atoms with Crippen LogP contribution in [0.5, 0.6) is 5.75 Å². The van der Waals surface area contributed by atoms with Gasteiger partial charge in [0.1, 0.15) is 5.75 Å². The molecule has 20 heavy (non-hydrogen) atoms. The van der Waals surface area contributed by atoms with E-state index in [1.165, 1.54) is 21.0 Å². The molecule has 106 valence electrons. The Kier molecular flexibility index (Phi) is 5.14. The molecule has 0 saturated carbocycles. The number of carbonyl (C=O) groups excluding carboxylic acids is 2. The van der Waals surface area contributed by atoms with E-state index in [-0.39, 0.29) is 11.1 Å². The average molecular weight is 277 g/mol. The van der Waals surface area contributed by atoms with Gasteiger partial charge in [0.15, 0.2) is 11.6 Å². The number of rotatable bonds is 6. The van der Waals surface area contributed by atoms with Gasteiger partial charge in [-0.2, -0.15) is 0 Å². The largest absolute Gasteiger partial charge is 0.496 e. The van der Waals surface area contributed by atoms with Crippen LogP contribution in [-0.4, -0.2) is 30.1 Å². The van der Waals surface area contributed by atoms with Gasteiger partial charge in [0.05, 0.1) is 12.7 Å². The van der Waals surface area contributed by atoms with E-state index in [9.17, 15) is 19.7 Å². The minimum Gasteiger partial charge on any atom is -0.496 e. The average Bonchev–Trinajstić information content (AvgIpc) is 2.36. The molecule has 0 atom stereocenters. The molecule has 0 amide bonds. The Morgan fingerprint density at radius 2 is 1.75 bits per heavy atom. The summed E-state index contributed by atoms with van der Waals surface area (Å²) in [6, 6.07) is 6.57. The van der Waals surface area contributed by atoms with Crippen molar-refractivity contribution in [3.63, 3.8) is 0 Å². The summed E-state index contributed by atoms with van der Waals surface area (Å²) in [6.07, 6.45) is 0. The van der Waals surface area contributed by atoms with Crippen molar-refractivity contribution in [1.82, 2.24) is 0 Å². The predicted molar refractivity (Wildman–Crippen MR) is 73.1 cm³/mol. The van der Waals surface area contributed by atoms with Gasteiger partial charge in [-0.15, -0.1) is 0 Å². The first-order valence-electron chi connectivity index (χ1n) is 5.88. The molecule has 0 aliphatic carbocycles. The molecule has 0 bridgehead atoms. The Hall–Kier alpha value is -2.50. The molecular formula is C14H15NO5. The molecule has 0 heterocycles. The van der Waals surface area contributed by atoms with Crippen LogP contribution in [0.25, 0.3) is 5.57 Å². The number of hydrogen-bond donors (Lipinski definition) is 0. The number of methoxy groups -OCH3 is 1. The quantitative estimate of drug-likeness (QED) is 0.260. The smallest absolute Gasteiger partial charge is 0.230 e. The van der Waals surface area contributed by atoms with Crippen molar-refractivity contribution in [2.24, 2.45) is 0 Å². The molecule has 1 aromatic rings. The molecule has 0 spiro atoms. The summed E-state index contributed by atoms with van der Waals surface area (Å²) in [5.74, 6) is -0.620. The van der Waals surface area contributed by atoms with Crippen LogP contribution in [0.3, 0.4) is 0 Å². The van der Waals surface area contributed by atoms with E-state index in [4.69, 9.17) is 4.74 Å². The third-order valence-corrected chi connectivity index (χ3v) is 2.73. The van der Waals surface area contributed by atoms with E-state index >= 15 is 0 Å². The highest BCUT2D eigenvalue weighted by molar-refractivity contribution is 6.24. The van der Waals surface area contributed by atoms with Crippen LogP contribution < -0.4 is 4.74 Å². The topological polar surface area (TPSA) is 86.5 Å². The molecule has 6 nitrogen and oxygen atoms in total. The van der Waals surface area contributed by atoms with Crippen LogP contribution >= 0.6 is 0 Å². The number of nitro groups is 1. The number of carbonyl (C=O) groups is 2. The standard InChI is InChI=1S/C14H15NO5/c1-9(16)14(10(2)17)12(8-15(18)19)11-6-4-5-7-13(11)20-3/h4-7H,8H2,1-3H3. The fraction of sp³-hybridized carbons (Fsp3) is 0.286. The lowest BCUT2D eigenvalue weighted by Crippen LogP contribution is -2.15. The summed E-state index contributed by atoms with van der Waals surface area (Å²) in [4.78, 5) is 33.5. The van der Waals surface area contributed by atoms with Crippen molar-refractivity contribution >= 4 is 17.1 Å². The second-order valence-electron chi connectivity index (χ2n) is 4.16. The SMILES string of the molecule is COc1ccccc1C(C[N+](=O)[O-])=C(C(C)=O)C(C)=O. The van der Waals surface area contributed by atoms with Crippen LogP contribution in [0.15, 0.2) is 29.8 Å². The number of ketones is 2. The number of benzene rings is 1. The van der Waals surface area contributed by atoms with Gasteiger partial charge in [-0.25, -0.2) is 0 Å². The maximum atomic E-state index is 11.6. The van der Waals surface area contributed by atoms with Gasteiger partial charge in [0.25, 0.3) is 0 Å². The first-order valence-corrected chi connectivity index (χ1v) is 5.88. The van der Waals surface area contributed by atoms with Gasteiger partial charge >= 0.3 is 0 Å². The maximum Gasteiger partial charge on any atom is 0.230 e. The number of Topliss-reactive ketones (excluding diaryl/α,β-unsaturated/α-hetero) is 2. The van der Waals surface area contributed by atoms with Crippen molar-refractivity contribution < 1.29 is 19.2 Å². The molecular weight excluding hydrogens is 262 g/mol. The maximum absolute atomic E-state index is 11.6. The highest BCUT2D eigenvalue weighted by atomic mass is 16.6. The van der Waals surface area contributed by atoms with E-state index in [1.807, 2.05) is 0 Å². The second kappa shape index (κ2) is 6.60. The zero-order chi connectivity index (χ0) is 15.3. The predicted octanol–water partition coefficient (Wildman–Crippen LogP) is 1.90. The number of nitrogens with zero attached hydrogens (tertiary/aromatic N) is 1. The highest BCUT2D eigenvalue weighted by Crippen LogP contribution is 2.29. The number of allylic oxidation sites excluding steroid dienone is 1. The van der Waals surface area contributed by atoms with E-state index in [1.54, 1.807) is 24.3 Å². The Bertz CT molecular complexity index is 573. The van der Waals surface area contributed by atoms with E-state index < -0.39 is 23.0 Å². The van der Waals surface area contributed by atoms with Gasteiger partial charge in [-0.3, -0.25) is 19.7 Å². The minimum absolute atomic E-state index is 0.0763. The zero-order valence-electron chi connectivity index (χ0n) is 11.5. The van der Waals surface area contributed by atoms with Crippen molar-refractivity contribution in [3.8, 4) is 5.75 Å². The summed E-state index contributed by atoms with van der Waals surface area (Å²) in [7, 11) is 1.42. The second-order valence-corrected chi connectivity index (χ2v) is 4.16. The van der Waals surface area contributed by atoms with E-state index in [0.29, 0.717) is 11.3 Å². The molecule has 0 fully saturated rings. The Balaban J connectivity index is 3.61. The van der Waals surface area contributed by atoms with Crippen molar-refractivity contribution in [3.05, 3.63) is 45.5 Å². The van der Waals surface area contributed by atoms with E-state index in [2.05, 4.69) is 0 Å². The van der Waals surface area contributed by atoms with Crippen LogP contribution in [0.4, 0.5) is 0 Å². The summed E-state index contributed by atoms with van der Waals surface area (Å²) < 4.78 is 5.14. The lowest BCUT2D eigenvalue weighted by molar-refractivity contribution is -0.465. The Morgan fingerprint density at radius 3 is 2.20 bits per heavy atom. The Labute approximate surface area is 116 Å². The molecule has 0 aromatic heterocycles. The monoisotopic (exact) mass is 277 g/mol. The van der Waals surface area contributed by atoms with E-state index in [0.717, 1.165) is 0 Å². The number of ether oxygens (including phenoxy) is 1. The lowest BCUT2D eigenvalue weighted by Gasteiger charge is -2.12. The van der Waals surface area contributed by atoms with Crippen LogP contribution in [0, 0.1) is 10.1 Å². The van der Waals surface area contributed by atoms with Gasteiger partial charge in [0.2, 0.25) is 6.54 Å². The molecule has 6 heteroatoms. The van der Waals surface area contributed by atoms with Gasteiger partial charge in [-0.1, -0.05) is 18.2 Å². The van der Waals surface area contributed by atoms with Gasteiger partial charge < -0.3 is 4.74 Å². The van der Waals surface area contributed by atoms with Crippen LogP contribution in [0.2, 0.25) is 0 Å². The summed E-state index contributed by atoms with van der Waals surface area (Å²) in [6.45, 7) is 1.81. The molecule has 1 aromatic carbocycles. The molecule has 0 unspecified atom stereocenters. The highest BCUT2D eigenvalue weighted by Gasteiger charge is 2.23. The normalized spacial score (nSPS) is 9.75. The molecule has 1 rings (SSSR count). The summed E-state index contributed by atoms with van der Waals surface area (Å²) in [5, 5.41) is 10.8. The molecule has 0 radical (unpaired) electrons.